The van der Waals surface area contributed by atoms with E-state index in [1.54, 1.807) is 12.1 Å². The molecule has 1 aliphatic carbocycles. The number of carbonyl (C=O) groups is 2. The molecule has 0 aromatic heterocycles. The van der Waals surface area contributed by atoms with Crippen LogP contribution in [0.25, 0.3) is 0 Å². The van der Waals surface area contributed by atoms with Gasteiger partial charge in [0, 0.05) is 24.1 Å². The lowest BCUT2D eigenvalue weighted by molar-refractivity contribution is 0.0975. The maximum Gasteiger partial charge on any atom is 0.211 e. The van der Waals surface area contributed by atoms with E-state index in [0.29, 0.717) is 0 Å². The average molecular weight is 314 g/mol. The molecule has 106 valence electrons. The van der Waals surface area contributed by atoms with Crippen molar-refractivity contribution >= 4 is 33.0 Å². The number of fused-ring (bicyclic) bond motifs is 1. The van der Waals surface area contributed by atoms with Gasteiger partial charge in [0.1, 0.15) is 10.6 Å². The Kier molecular flexibility index (Phi) is 3.96. The highest BCUT2D eigenvalue weighted by Gasteiger charge is 2.38. The van der Waals surface area contributed by atoms with Crippen LogP contribution in [0.5, 0.6) is 0 Å². The summed E-state index contributed by atoms with van der Waals surface area (Å²) in [5, 5.41) is 2.53. The first-order valence-corrected chi connectivity index (χ1v) is 8.02. The van der Waals surface area contributed by atoms with Gasteiger partial charge in [-0.1, -0.05) is 24.3 Å². The second-order valence-electron chi connectivity index (χ2n) is 4.17. The summed E-state index contributed by atoms with van der Waals surface area (Å²) in [4.78, 5) is 24.2. The molecule has 0 bridgehead atoms. The minimum atomic E-state index is -3.90. The van der Waals surface area contributed by atoms with Gasteiger partial charge in [0.05, 0.1) is 5.75 Å². The molecule has 0 heterocycles. The van der Waals surface area contributed by atoms with Crippen LogP contribution >= 0.6 is 11.6 Å². The van der Waals surface area contributed by atoms with Crippen molar-refractivity contribution in [1.82, 2.24) is 5.32 Å². The molecule has 1 aromatic rings. The van der Waals surface area contributed by atoms with Crippen molar-refractivity contribution in [1.29, 1.82) is 0 Å². The number of hydrogen-bond acceptors (Lipinski definition) is 5. The van der Waals surface area contributed by atoms with E-state index in [1.165, 1.54) is 19.2 Å². The van der Waals surface area contributed by atoms with Crippen LogP contribution in [-0.2, 0) is 9.84 Å². The summed E-state index contributed by atoms with van der Waals surface area (Å²) >= 11 is 5.46. The molecule has 0 fully saturated rings. The number of carbonyl (C=O) groups excluding carboxylic acids is 2. The quantitative estimate of drug-likeness (QED) is 0.843. The Balaban J connectivity index is 2.72. The Labute approximate surface area is 121 Å². The van der Waals surface area contributed by atoms with Crippen LogP contribution in [0.1, 0.15) is 20.7 Å². The van der Waals surface area contributed by atoms with Crippen molar-refractivity contribution in [2.45, 2.75) is 0 Å². The number of halogens is 1. The molecule has 7 heteroatoms. The highest BCUT2D eigenvalue weighted by atomic mass is 35.5. The van der Waals surface area contributed by atoms with E-state index in [0.717, 1.165) is 0 Å². The summed E-state index contributed by atoms with van der Waals surface area (Å²) < 4.78 is 24.3. The van der Waals surface area contributed by atoms with E-state index in [-0.39, 0.29) is 22.7 Å². The van der Waals surface area contributed by atoms with E-state index in [9.17, 15) is 18.0 Å². The highest BCUT2D eigenvalue weighted by molar-refractivity contribution is 7.96. The number of hydrogen-bond donors (Lipinski definition) is 1. The molecule has 0 amide bonds. The van der Waals surface area contributed by atoms with Crippen LogP contribution in [0.15, 0.2) is 34.9 Å². The third-order valence-electron chi connectivity index (χ3n) is 2.98. The molecule has 0 radical (unpaired) electrons. The largest absolute Gasteiger partial charge is 0.384 e. The Morgan fingerprint density at radius 1 is 1.10 bits per heavy atom. The SMILES string of the molecule is CNC1=C(S(=O)(=O)CCCl)C(=O)c2ccccc2C1=O. The molecule has 0 atom stereocenters. The van der Waals surface area contributed by atoms with Crippen molar-refractivity contribution < 1.29 is 18.0 Å². The number of nitrogens with one attached hydrogen (secondary N) is 1. The molecule has 0 saturated carbocycles. The van der Waals surface area contributed by atoms with Gasteiger partial charge < -0.3 is 5.32 Å². The number of Topliss-reactive ketones (excluding diaryl/α,β-unsaturated/α-hetero) is 2. The number of benzene rings is 1. The fraction of sp³-hybridized carbons (Fsp3) is 0.231. The molecule has 2 rings (SSSR count). The number of likely N-dealkylation sites (N-methyl/N-ethyl adjacent to an activating group) is 1. The van der Waals surface area contributed by atoms with Crippen molar-refractivity contribution in [3.05, 3.63) is 46.0 Å². The Hall–Kier alpha value is -1.66. The van der Waals surface area contributed by atoms with Crippen LogP contribution < -0.4 is 5.32 Å². The van der Waals surface area contributed by atoms with Crippen molar-refractivity contribution in [3.8, 4) is 0 Å². The fourth-order valence-electron chi connectivity index (χ4n) is 2.08. The average Bonchev–Trinajstić information content (AvgIpc) is 2.42. The molecule has 20 heavy (non-hydrogen) atoms. The molecular weight excluding hydrogens is 302 g/mol. The van der Waals surface area contributed by atoms with E-state index < -0.39 is 32.1 Å². The van der Waals surface area contributed by atoms with E-state index in [2.05, 4.69) is 5.32 Å². The lowest BCUT2D eigenvalue weighted by Crippen LogP contribution is -2.33. The molecule has 1 aliphatic rings. The van der Waals surface area contributed by atoms with Gasteiger partial charge in [0.25, 0.3) is 0 Å². The maximum atomic E-state index is 12.4. The second kappa shape index (κ2) is 5.38. The number of sulfone groups is 1. The van der Waals surface area contributed by atoms with Gasteiger partial charge in [-0.25, -0.2) is 8.42 Å². The van der Waals surface area contributed by atoms with E-state index >= 15 is 0 Å². The van der Waals surface area contributed by atoms with E-state index in [4.69, 9.17) is 11.6 Å². The first-order chi connectivity index (χ1) is 9.44. The zero-order chi connectivity index (χ0) is 14.9. The zero-order valence-corrected chi connectivity index (χ0v) is 12.2. The molecule has 1 aromatic carbocycles. The molecule has 5 nitrogen and oxygen atoms in total. The molecule has 0 saturated heterocycles. The standard InChI is InChI=1S/C13H12ClNO4S/c1-15-10-11(16)8-4-2-3-5-9(8)12(17)13(10)20(18,19)7-6-14/h2-5,15H,6-7H2,1H3. The first-order valence-electron chi connectivity index (χ1n) is 5.83. The van der Waals surface area contributed by atoms with Gasteiger partial charge in [-0.2, -0.15) is 0 Å². The first kappa shape index (κ1) is 14.7. The van der Waals surface area contributed by atoms with Gasteiger partial charge >= 0.3 is 0 Å². The summed E-state index contributed by atoms with van der Waals surface area (Å²) in [7, 11) is -2.50. The van der Waals surface area contributed by atoms with Gasteiger partial charge in [-0.15, -0.1) is 11.6 Å². The third kappa shape index (κ3) is 2.25. The van der Waals surface area contributed by atoms with Gasteiger partial charge in [0.15, 0.2) is 9.84 Å². The van der Waals surface area contributed by atoms with Gasteiger partial charge in [-0.05, 0) is 0 Å². The van der Waals surface area contributed by atoms with Crippen molar-refractivity contribution in [2.75, 3.05) is 18.7 Å². The number of ketones is 2. The number of rotatable bonds is 4. The Bertz CT molecular complexity index is 722. The topological polar surface area (TPSA) is 80.3 Å². The van der Waals surface area contributed by atoms with Crippen LogP contribution in [-0.4, -0.2) is 38.7 Å². The Morgan fingerprint density at radius 3 is 2.15 bits per heavy atom. The third-order valence-corrected chi connectivity index (χ3v) is 5.15. The lowest BCUT2D eigenvalue weighted by atomic mass is 9.92. The molecule has 1 N–H and O–H groups in total. The van der Waals surface area contributed by atoms with Crippen molar-refractivity contribution in [3.63, 3.8) is 0 Å². The Morgan fingerprint density at radius 2 is 1.65 bits per heavy atom. The zero-order valence-electron chi connectivity index (χ0n) is 10.6. The van der Waals surface area contributed by atoms with Gasteiger partial charge in [0.2, 0.25) is 11.6 Å². The summed E-state index contributed by atoms with van der Waals surface area (Å²) in [6.07, 6.45) is 0. The minimum absolute atomic E-state index is 0.102. The van der Waals surface area contributed by atoms with E-state index in [1.807, 2.05) is 0 Å². The van der Waals surface area contributed by atoms with Crippen molar-refractivity contribution in [2.24, 2.45) is 0 Å². The van der Waals surface area contributed by atoms with Crippen LogP contribution in [0.2, 0.25) is 0 Å². The van der Waals surface area contributed by atoms with Crippen LogP contribution in [0.3, 0.4) is 0 Å². The predicted molar refractivity (Wildman–Crippen MR) is 75.7 cm³/mol. The highest BCUT2D eigenvalue weighted by Crippen LogP contribution is 2.28. The molecule has 0 spiro atoms. The van der Waals surface area contributed by atoms with Crippen LogP contribution in [0, 0.1) is 0 Å². The predicted octanol–water partition coefficient (Wildman–Crippen LogP) is 1.15. The molecule has 0 aliphatic heterocycles. The lowest BCUT2D eigenvalue weighted by Gasteiger charge is -2.20. The van der Waals surface area contributed by atoms with Crippen LogP contribution in [0.4, 0.5) is 0 Å². The maximum absolute atomic E-state index is 12.4. The summed E-state index contributed by atoms with van der Waals surface area (Å²) in [5.74, 6) is -1.71. The molecular formula is C13H12ClNO4S. The molecule has 0 unspecified atom stereocenters. The number of alkyl halides is 1. The smallest absolute Gasteiger partial charge is 0.211 e. The summed E-state index contributed by atoms with van der Waals surface area (Å²) in [5.41, 5.74) is 0.107. The fourth-order valence-corrected chi connectivity index (χ4v) is 4.00. The monoisotopic (exact) mass is 313 g/mol. The summed E-state index contributed by atoms with van der Waals surface area (Å²) in [6.45, 7) is 0. The normalized spacial score (nSPS) is 15.3. The summed E-state index contributed by atoms with van der Waals surface area (Å²) in [6, 6.07) is 6.14. The second-order valence-corrected chi connectivity index (χ2v) is 6.59. The van der Waals surface area contributed by atoms with Gasteiger partial charge in [-0.3, -0.25) is 9.59 Å². The minimum Gasteiger partial charge on any atom is -0.384 e. The number of allylic oxidation sites excluding steroid dienone is 2.